The second kappa shape index (κ2) is 10.0. The molecule has 2 heterocycles. The van der Waals surface area contributed by atoms with Crippen molar-refractivity contribution >= 4 is 41.3 Å². The van der Waals surface area contributed by atoms with E-state index >= 15 is 0 Å². The van der Waals surface area contributed by atoms with Gasteiger partial charge in [-0.25, -0.2) is 4.98 Å². The molecule has 0 unspecified atom stereocenters. The van der Waals surface area contributed by atoms with Gasteiger partial charge < -0.3 is 24.8 Å². The van der Waals surface area contributed by atoms with Crippen molar-refractivity contribution < 1.29 is 23.0 Å². The number of rotatable bonds is 6. The number of hydrogen-bond donors (Lipinski definition) is 2. The molecular formula is C17H21F2IN4O3S. The first-order valence-electron chi connectivity index (χ1n) is 8.21. The van der Waals surface area contributed by atoms with E-state index in [9.17, 15) is 8.78 Å². The highest BCUT2D eigenvalue weighted by Gasteiger charge is 2.20. The zero-order valence-electron chi connectivity index (χ0n) is 15.5. The van der Waals surface area contributed by atoms with Gasteiger partial charge >= 0.3 is 6.61 Å². The van der Waals surface area contributed by atoms with Crippen molar-refractivity contribution in [3.63, 3.8) is 0 Å². The van der Waals surface area contributed by atoms with Crippen LogP contribution in [0, 0.1) is 13.8 Å². The van der Waals surface area contributed by atoms with Gasteiger partial charge in [0.15, 0.2) is 17.5 Å². The van der Waals surface area contributed by atoms with Gasteiger partial charge in [0.05, 0.1) is 12.2 Å². The molecule has 1 aliphatic heterocycles. The molecule has 0 radical (unpaired) electrons. The maximum Gasteiger partial charge on any atom is 0.387 e. The quantitative estimate of drug-likeness (QED) is 0.341. The zero-order chi connectivity index (χ0) is 19.4. The molecule has 1 aromatic heterocycles. The van der Waals surface area contributed by atoms with E-state index in [2.05, 4.69) is 25.3 Å². The van der Waals surface area contributed by atoms with Crippen LogP contribution in [0.5, 0.6) is 17.2 Å². The molecule has 0 amide bonds. The molecule has 154 valence electrons. The number of nitrogens with zero attached hydrogens (tertiary/aromatic N) is 2. The summed E-state index contributed by atoms with van der Waals surface area (Å²) in [4.78, 5) is 9.77. The van der Waals surface area contributed by atoms with E-state index in [0.717, 1.165) is 10.7 Å². The van der Waals surface area contributed by atoms with Crippen molar-refractivity contribution in [1.82, 2.24) is 15.6 Å². The Kier molecular flexibility index (Phi) is 8.04. The van der Waals surface area contributed by atoms with Crippen LogP contribution in [0.3, 0.4) is 0 Å². The Hall–Kier alpha value is -1.89. The first-order valence-corrected chi connectivity index (χ1v) is 9.02. The van der Waals surface area contributed by atoms with Crippen LogP contribution < -0.4 is 24.8 Å². The van der Waals surface area contributed by atoms with E-state index in [0.29, 0.717) is 29.6 Å². The number of aliphatic imine (C=N–C) groups is 1. The van der Waals surface area contributed by atoms with Gasteiger partial charge in [0.25, 0.3) is 0 Å². The van der Waals surface area contributed by atoms with Crippen molar-refractivity contribution in [1.29, 1.82) is 0 Å². The maximum atomic E-state index is 12.7. The summed E-state index contributed by atoms with van der Waals surface area (Å²) in [7, 11) is 1.63. The number of ether oxygens (including phenoxy) is 3. The Balaban J connectivity index is 0.00000280. The number of halogens is 3. The van der Waals surface area contributed by atoms with Crippen LogP contribution in [0.15, 0.2) is 17.1 Å². The maximum absolute atomic E-state index is 12.7. The molecule has 3 rings (SSSR count). The minimum Gasteiger partial charge on any atom is -0.454 e. The third kappa shape index (κ3) is 5.56. The minimum atomic E-state index is -2.93. The molecule has 2 aromatic rings. The third-order valence-corrected chi connectivity index (χ3v) is 4.99. The van der Waals surface area contributed by atoms with Crippen molar-refractivity contribution in [3.8, 4) is 17.2 Å². The lowest BCUT2D eigenvalue weighted by Crippen LogP contribution is -2.36. The lowest BCUT2D eigenvalue weighted by molar-refractivity contribution is -0.0505. The van der Waals surface area contributed by atoms with Crippen LogP contribution in [0.1, 0.15) is 21.1 Å². The van der Waals surface area contributed by atoms with Gasteiger partial charge in [0, 0.05) is 30.1 Å². The molecule has 28 heavy (non-hydrogen) atoms. The molecule has 0 aliphatic carbocycles. The first kappa shape index (κ1) is 22.4. The normalized spacial score (nSPS) is 12.7. The Morgan fingerprint density at radius 3 is 2.54 bits per heavy atom. The molecule has 0 saturated carbocycles. The number of thiazole rings is 1. The second-order valence-corrected chi connectivity index (χ2v) is 7.01. The van der Waals surface area contributed by atoms with Gasteiger partial charge in [-0.3, -0.25) is 4.99 Å². The van der Waals surface area contributed by atoms with E-state index in [1.165, 1.54) is 10.9 Å². The smallest absolute Gasteiger partial charge is 0.387 e. The minimum absolute atomic E-state index is 0. The number of fused-ring (bicyclic) bond motifs is 1. The van der Waals surface area contributed by atoms with Crippen LogP contribution >= 0.6 is 35.3 Å². The molecule has 11 heteroatoms. The Labute approximate surface area is 182 Å². The van der Waals surface area contributed by atoms with E-state index < -0.39 is 6.61 Å². The average Bonchev–Trinajstić information content (AvgIpc) is 3.20. The molecule has 0 bridgehead atoms. The number of nitrogens with one attached hydrogen (secondary N) is 2. The van der Waals surface area contributed by atoms with Gasteiger partial charge in [-0.2, -0.15) is 8.78 Å². The molecule has 0 saturated heterocycles. The number of alkyl halides is 2. The fourth-order valence-corrected chi connectivity index (χ4v) is 3.36. The summed E-state index contributed by atoms with van der Waals surface area (Å²) >= 11 is 1.61. The predicted molar refractivity (Wildman–Crippen MR) is 113 cm³/mol. The van der Waals surface area contributed by atoms with Crippen LogP contribution in [-0.2, 0) is 13.1 Å². The summed E-state index contributed by atoms with van der Waals surface area (Å²) < 4.78 is 40.5. The highest BCUT2D eigenvalue weighted by Crippen LogP contribution is 2.38. The van der Waals surface area contributed by atoms with E-state index in [4.69, 9.17) is 9.47 Å². The standard InChI is InChI=1S/C17H20F2N4O3S.HI/c1-9-10(2)27-15(23-9)7-22-17(20-3)21-6-11-4-13-14(25-8-24-13)5-12(11)26-16(18)19;/h4-5,16H,6-8H2,1-3H3,(H2,20,21,22);1H. The summed E-state index contributed by atoms with van der Waals surface area (Å²) in [5, 5.41) is 7.17. The summed E-state index contributed by atoms with van der Waals surface area (Å²) in [6.07, 6.45) is 0. The number of hydrogen-bond acceptors (Lipinski definition) is 6. The second-order valence-electron chi connectivity index (χ2n) is 5.72. The van der Waals surface area contributed by atoms with E-state index in [1.54, 1.807) is 24.5 Å². The molecular weight excluding hydrogens is 505 g/mol. The number of aromatic nitrogens is 1. The molecule has 1 aliphatic rings. The molecule has 7 nitrogen and oxygen atoms in total. The summed E-state index contributed by atoms with van der Waals surface area (Å²) in [6.45, 7) is 1.84. The molecule has 2 N–H and O–H groups in total. The van der Waals surface area contributed by atoms with Crippen molar-refractivity contribution in [2.75, 3.05) is 13.8 Å². The lowest BCUT2D eigenvalue weighted by Gasteiger charge is -2.15. The topological polar surface area (TPSA) is 77.0 Å². The Morgan fingerprint density at radius 1 is 1.25 bits per heavy atom. The van der Waals surface area contributed by atoms with Gasteiger partial charge in [0.2, 0.25) is 6.79 Å². The molecule has 0 atom stereocenters. The highest BCUT2D eigenvalue weighted by atomic mass is 127. The largest absolute Gasteiger partial charge is 0.454 e. The molecule has 1 aromatic carbocycles. The summed E-state index contributed by atoms with van der Waals surface area (Å²) in [6, 6.07) is 3.02. The average molecular weight is 526 g/mol. The highest BCUT2D eigenvalue weighted by molar-refractivity contribution is 14.0. The number of guanidine groups is 1. The summed E-state index contributed by atoms with van der Waals surface area (Å²) in [5.74, 6) is 1.42. The first-order chi connectivity index (χ1) is 13.0. The van der Waals surface area contributed by atoms with Crippen molar-refractivity contribution in [2.24, 2.45) is 4.99 Å². The van der Waals surface area contributed by atoms with Crippen LogP contribution in [0.4, 0.5) is 8.78 Å². The van der Waals surface area contributed by atoms with E-state index in [-0.39, 0.29) is 43.1 Å². The van der Waals surface area contributed by atoms with Crippen LogP contribution in [-0.4, -0.2) is 31.4 Å². The van der Waals surface area contributed by atoms with Gasteiger partial charge in [0.1, 0.15) is 10.8 Å². The molecule has 0 spiro atoms. The van der Waals surface area contributed by atoms with E-state index in [1.807, 2.05) is 13.8 Å². The van der Waals surface area contributed by atoms with Crippen molar-refractivity contribution in [3.05, 3.63) is 33.3 Å². The monoisotopic (exact) mass is 526 g/mol. The van der Waals surface area contributed by atoms with Gasteiger partial charge in [-0.1, -0.05) is 0 Å². The summed E-state index contributed by atoms with van der Waals surface area (Å²) in [5.41, 5.74) is 1.51. The molecule has 0 fully saturated rings. The number of benzene rings is 1. The van der Waals surface area contributed by atoms with Crippen LogP contribution in [0.2, 0.25) is 0 Å². The number of aryl methyl sites for hydroxylation is 2. The SMILES string of the molecule is CN=C(NCc1nc(C)c(C)s1)NCc1cc2c(cc1OC(F)F)OCO2.I. The zero-order valence-corrected chi connectivity index (χ0v) is 18.7. The fraction of sp³-hybridized carbons (Fsp3) is 0.412. The third-order valence-electron chi connectivity index (χ3n) is 3.92. The fourth-order valence-electron chi connectivity index (χ4n) is 2.48. The van der Waals surface area contributed by atoms with Gasteiger partial charge in [-0.15, -0.1) is 35.3 Å². The Morgan fingerprint density at radius 2 is 1.93 bits per heavy atom. The lowest BCUT2D eigenvalue weighted by atomic mass is 10.1. The predicted octanol–water partition coefficient (Wildman–Crippen LogP) is 3.57. The van der Waals surface area contributed by atoms with Gasteiger partial charge in [-0.05, 0) is 19.9 Å². The van der Waals surface area contributed by atoms with Crippen LogP contribution in [0.25, 0.3) is 0 Å². The Bertz CT molecular complexity index is 829. The van der Waals surface area contributed by atoms with Crippen molar-refractivity contribution in [2.45, 2.75) is 33.5 Å².